The Hall–Kier alpha value is -2.05. The van der Waals surface area contributed by atoms with Crippen LogP contribution in [0.1, 0.15) is 17.5 Å². The Balaban J connectivity index is 1.45. The van der Waals surface area contributed by atoms with Crippen LogP contribution in [0, 0.1) is 13.8 Å². The highest BCUT2D eigenvalue weighted by Crippen LogP contribution is 2.26. The van der Waals surface area contributed by atoms with Crippen LogP contribution in [0.4, 0.5) is 5.13 Å². The van der Waals surface area contributed by atoms with Gasteiger partial charge in [0, 0.05) is 17.1 Å². The Labute approximate surface area is 149 Å². The van der Waals surface area contributed by atoms with Crippen molar-refractivity contribution in [2.24, 2.45) is 0 Å². The number of anilines is 1. The first-order valence-electron chi connectivity index (χ1n) is 7.72. The fourth-order valence-electron chi connectivity index (χ4n) is 2.17. The van der Waals surface area contributed by atoms with Gasteiger partial charge in [0.2, 0.25) is 11.0 Å². The molecule has 0 aliphatic rings. The highest BCUT2D eigenvalue weighted by atomic mass is 32.2. The number of thioether (sulfide) groups is 1. The van der Waals surface area contributed by atoms with Crippen LogP contribution in [0.15, 0.2) is 47.4 Å². The van der Waals surface area contributed by atoms with Crippen molar-refractivity contribution in [1.29, 1.82) is 0 Å². The molecule has 1 aromatic heterocycles. The Kier molecular flexibility index (Phi) is 5.37. The summed E-state index contributed by atoms with van der Waals surface area (Å²) in [5.41, 5.74) is 9.01. The molecule has 0 saturated carbocycles. The Bertz CT molecular complexity index is 843. The molecule has 24 heavy (non-hydrogen) atoms. The quantitative estimate of drug-likeness (QED) is 0.502. The molecule has 2 N–H and O–H groups in total. The first-order chi connectivity index (χ1) is 11.6. The van der Waals surface area contributed by atoms with Gasteiger partial charge in [0.25, 0.3) is 0 Å². The van der Waals surface area contributed by atoms with E-state index in [2.05, 4.69) is 60.0 Å². The third kappa shape index (κ3) is 4.49. The Morgan fingerprint density at radius 1 is 1.12 bits per heavy atom. The van der Waals surface area contributed by atoms with Crippen molar-refractivity contribution >= 4 is 44.4 Å². The molecular weight excluding hydrogens is 338 g/mol. The van der Waals surface area contributed by atoms with Gasteiger partial charge in [0.1, 0.15) is 0 Å². The van der Waals surface area contributed by atoms with E-state index in [9.17, 15) is 4.79 Å². The molecule has 0 unspecified atom stereocenters. The zero-order chi connectivity index (χ0) is 16.9. The largest absolute Gasteiger partial charge is 0.273 e. The standard InChI is InChI=1S/C18H19N3OS2/c1-12-3-6-14(7-4-12)23-10-9-17(22)20-21-18-19-15-8-5-13(2)11-16(15)24-18/h3-8,11H,9-10H2,1-2H3,(H,19,21)(H,20,22). The second kappa shape index (κ2) is 7.68. The summed E-state index contributed by atoms with van der Waals surface area (Å²) in [7, 11) is 0. The molecular formula is C18H19N3OS2. The molecule has 0 atom stereocenters. The summed E-state index contributed by atoms with van der Waals surface area (Å²) in [6.07, 6.45) is 0.454. The van der Waals surface area contributed by atoms with E-state index in [0.717, 1.165) is 16.0 Å². The minimum Gasteiger partial charge on any atom is -0.273 e. The Morgan fingerprint density at radius 2 is 1.88 bits per heavy atom. The van der Waals surface area contributed by atoms with Crippen molar-refractivity contribution in [3.05, 3.63) is 53.6 Å². The third-order valence-corrected chi connectivity index (χ3v) is 5.42. The van der Waals surface area contributed by atoms with Crippen molar-refractivity contribution < 1.29 is 4.79 Å². The third-order valence-electron chi connectivity index (χ3n) is 3.47. The topological polar surface area (TPSA) is 54.0 Å². The first kappa shape index (κ1) is 16.8. The number of carbonyl (C=O) groups is 1. The summed E-state index contributed by atoms with van der Waals surface area (Å²) in [5.74, 6) is 0.709. The van der Waals surface area contributed by atoms with Crippen LogP contribution in [0.5, 0.6) is 0 Å². The van der Waals surface area contributed by atoms with Crippen molar-refractivity contribution in [3.63, 3.8) is 0 Å². The number of hydrazine groups is 1. The zero-order valence-corrected chi connectivity index (χ0v) is 15.3. The number of aromatic nitrogens is 1. The van der Waals surface area contributed by atoms with Gasteiger partial charge in [-0.3, -0.25) is 15.6 Å². The van der Waals surface area contributed by atoms with E-state index in [-0.39, 0.29) is 5.91 Å². The molecule has 0 aliphatic carbocycles. The summed E-state index contributed by atoms with van der Waals surface area (Å²) in [4.78, 5) is 17.6. The molecule has 0 bridgehead atoms. The maximum Gasteiger partial charge on any atom is 0.239 e. The minimum atomic E-state index is -0.0370. The summed E-state index contributed by atoms with van der Waals surface area (Å²) in [5, 5.41) is 0.704. The van der Waals surface area contributed by atoms with Crippen molar-refractivity contribution in [3.8, 4) is 0 Å². The number of thiazole rings is 1. The van der Waals surface area contributed by atoms with Gasteiger partial charge >= 0.3 is 0 Å². The van der Waals surface area contributed by atoms with E-state index >= 15 is 0 Å². The molecule has 0 saturated heterocycles. The normalized spacial score (nSPS) is 10.8. The lowest BCUT2D eigenvalue weighted by atomic mass is 10.2. The van der Waals surface area contributed by atoms with Gasteiger partial charge in [-0.15, -0.1) is 11.8 Å². The number of aryl methyl sites for hydroxylation is 2. The predicted molar refractivity (Wildman–Crippen MR) is 103 cm³/mol. The van der Waals surface area contributed by atoms with Gasteiger partial charge in [-0.05, 0) is 43.7 Å². The van der Waals surface area contributed by atoms with Crippen LogP contribution in [0.2, 0.25) is 0 Å². The lowest BCUT2D eigenvalue weighted by molar-refractivity contribution is -0.120. The van der Waals surface area contributed by atoms with Crippen LogP contribution >= 0.6 is 23.1 Å². The second-order valence-electron chi connectivity index (χ2n) is 5.57. The number of carbonyl (C=O) groups excluding carboxylic acids is 1. The molecule has 3 rings (SSSR count). The number of hydrogen-bond donors (Lipinski definition) is 2. The molecule has 2 aromatic carbocycles. The van der Waals surface area contributed by atoms with Crippen LogP contribution < -0.4 is 10.9 Å². The smallest absolute Gasteiger partial charge is 0.239 e. The number of rotatable bonds is 6. The van der Waals surface area contributed by atoms with Crippen LogP contribution in [-0.4, -0.2) is 16.6 Å². The molecule has 0 radical (unpaired) electrons. The Morgan fingerprint density at radius 3 is 2.67 bits per heavy atom. The summed E-state index contributed by atoms with van der Waals surface area (Å²) in [6.45, 7) is 4.12. The summed E-state index contributed by atoms with van der Waals surface area (Å²) < 4.78 is 1.11. The molecule has 1 heterocycles. The highest BCUT2D eigenvalue weighted by Gasteiger charge is 2.06. The van der Waals surface area contributed by atoms with Crippen LogP contribution in [0.3, 0.4) is 0 Å². The van der Waals surface area contributed by atoms with Crippen molar-refractivity contribution in [2.75, 3.05) is 11.2 Å². The second-order valence-corrected chi connectivity index (χ2v) is 7.77. The highest BCUT2D eigenvalue weighted by molar-refractivity contribution is 7.99. The minimum absolute atomic E-state index is 0.0370. The molecule has 0 spiro atoms. The fraction of sp³-hybridized carbons (Fsp3) is 0.222. The number of hydrogen-bond acceptors (Lipinski definition) is 5. The average Bonchev–Trinajstić information content (AvgIpc) is 2.97. The zero-order valence-electron chi connectivity index (χ0n) is 13.6. The van der Waals surface area contributed by atoms with Gasteiger partial charge in [0.05, 0.1) is 10.2 Å². The number of benzene rings is 2. The average molecular weight is 358 g/mol. The fourth-order valence-corrected chi connectivity index (χ4v) is 3.94. The SMILES string of the molecule is Cc1ccc(SCCC(=O)NNc2nc3ccc(C)cc3s2)cc1. The summed E-state index contributed by atoms with van der Waals surface area (Å²) in [6, 6.07) is 14.5. The molecule has 0 fully saturated rings. The van der Waals surface area contributed by atoms with Crippen molar-refractivity contribution in [1.82, 2.24) is 10.4 Å². The van der Waals surface area contributed by atoms with Crippen molar-refractivity contribution in [2.45, 2.75) is 25.2 Å². The molecule has 3 aromatic rings. The van der Waals surface area contributed by atoms with E-state index in [0.29, 0.717) is 11.6 Å². The van der Waals surface area contributed by atoms with Gasteiger partial charge < -0.3 is 0 Å². The molecule has 0 aliphatic heterocycles. The summed E-state index contributed by atoms with van der Waals surface area (Å²) >= 11 is 3.22. The van der Waals surface area contributed by atoms with E-state index < -0.39 is 0 Å². The maximum atomic E-state index is 11.9. The predicted octanol–water partition coefficient (Wildman–Crippen LogP) is 4.54. The lowest BCUT2D eigenvalue weighted by Crippen LogP contribution is -2.29. The maximum absolute atomic E-state index is 11.9. The van der Waals surface area contributed by atoms with Gasteiger partial charge in [-0.1, -0.05) is 35.1 Å². The molecule has 1 amide bonds. The number of amides is 1. The van der Waals surface area contributed by atoms with E-state index in [1.807, 2.05) is 12.1 Å². The van der Waals surface area contributed by atoms with Crippen LogP contribution in [-0.2, 0) is 4.79 Å². The van der Waals surface area contributed by atoms with E-state index in [1.54, 1.807) is 11.8 Å². The van der Waals surface area contributed by atoms with Gasteiger partial charge in [-0.2, -0.15) is 0 Å². The molecule has 4 nitrogen and oxygen atoms in total. The number of nitrogens with zero attached hydrogens (tertiary/aromatic N) is 1. The number of fused-ring (bicyclic) bond motifs is 1. The molecule has 124 valence electrons. The number of nitrogens with one attached hydrogen (secondary N) is 2. The van der Waals surface area contributed by atoms with E-state index in [1.165, 1.54) is 27.4 Å². The molecule has 6 heteroatoms. The van der Waals surface area contributed by atoms with Gasteiger partial charge in [-0.25, -0.2) is 4.98 Å². The monoisotopic (exact) mass is 357 g/mol. The van der Waals surface area contributed by atoms with Crippen LogP contribution in [0.25, 0.3) is 10.2 Å². The first-order valence-corrected chi connectivity index (χ1v) is 9.52. The van der Waals surface area contributed by atoms with E-state index in [4.69, 9.17) is 0 Å². The van der Waals surface area contributed by atoms with Gasteiger partial charge in [0.15, 0.2) is 0 Å². The lowest BCUT2D eigenvalue weighted by Gasteiger charge is -2.05.